The van der Waals surface area contributed by atoms with E-state index in [0.29, 0.717) is 0 Å². The fraction of sp³-hybridized carbons (Fsp3) is 0.478. The predicted molar refractivity (Wildman–Crippen MR) is 135 cm³/mol. The zero-order chi connectivity index (χ0) is 30.5. The van der Waals surface area contributed by atoms with Gasteiger partial charge in [0.2, 0.25) is 5.91 Å². The van der Waals surface area contributed by atoms with Crippen LogP contribution < -0.4 is 20.1 Å². The number of carbonyl (C=O) groups is 3. The number of allylic oxidation sites excluding steroid dienone is 1. The number of carbonyl (C=O) groups excluding carboxylic acids is 3. The SMILES string of the molecule is COc1cc([N+](=O)[O-])ccc1OC(=O)C(C)(C)NC(=O)[C@H](CC1=CC(CCS(C)(=O)=O)C=N1)NC(=O)C(F)(F)F. The zero-order valence-electron chi connectivity index (χ0n) is 21.8. The summed E-state index contributed by atoms with van der Waals surface area (Å²) in [5.74, 6) is -5.70. The van der Waals surface area contributed by atoms with E-state index in [1.165, 1.54) is 33.2 Å². The van der Waals surface area contributed by atoms with Crippen molar-refractivity contribution < 1.29 is 50.4 Å². The van der Waals surface area contributed by atoms with Gasteiger partial charge in [0.25, 0.3) is 5.69 Å². The molecule has 2 N–H and O–H groups in total. The Hall–Kier alpha value is -4.02. The van der Waals surface area contributed by atoms with E-state index in [1.807, 2.05) is 0 Å². The predicted octanol–water partition coefficient (Wildman–Crippen LogP) is 1.86. The maximum absolute atomic E-state index is 13.0. The van der Waals surface area contributed by atoms with Gasteiger partial charge in [-0.05, 0) is 26.3 Å². The van der Waals surface area contributed by atoms with E-state index in [-0.39, 0.29) is 35.1 Å². The van der Waals surface area contributed by atoms with E-state index < -0.39 is 62.6 Å². The number of aliphatic imine (C=N–C) groups is 1. The highest BCUT2D eigenvalue weighted by molar-refractivity contribution is 7.90. The minimum atomic E-state index is -5.31. The molecule has 13 nitrogen and oxygen atoms in total. The Labute approximate surface area is 226 Å². The monoisotopic (exact) mass is 592 g/mol. The standard InChI is InChI=1S/C23H27F3N4O9S/c1-22(2,21(33)39-17-6-5-15(30(34)35)11-18(17)38-3)29-19(31)16(28-20(32)23(24,25)26)10-14-9-13(12-27-14)7-8-40(4,36)37/h5-6,9,11-13,16H,7-8,10H2,1-4H3,(H,28,32)(H,29,31)/t13?,16-/m0/s1. The average Bonchev–Trinajstić information content (AvgIpc) is 3.28. The Bertz CT molecular complexity index is 1340. The molecule has 2 atom stereocenters. The summed E-state index contributed by atoms with van der Waals surface area (Å²) in [6.07, 6.45) is -1.78. The second-order valence-electron chi connectivity index (χ2n) is 9.34. The number of methoxy groups -OCH3 is 1. The molecule has 0 aliphatic carbocycles. The zero-order valence-corrected chi connectivity index (χ0v) is 22.6. The Balaban J connectivity index is 2.20. The van der Waals surface area contributed by atoms with Crippen LogP contribution in [-0.2, 0) is 24.2 Å². The maximum Gasteiger partial charge on any atom is 0.471 e. The first-order chi connectivity index (χ1) is 18.3. The number of non-ortho nitro benzene ring substituents is 1. The fourth-order valence-corrected chi connectivity index (χ4v) is 4.04. The van der Waals surface area contributed by atoms with Crippen molar-refractivity contribution in [3.63, 3.8) is 0 Å². The van der Waals surface area contributed by atoms with Gasteiger partial charge >= 0.3 is 18.1 Å². The van der Waals surface area contributed by atoms with Crippen molar-refractivity contribution >= 4 is 39.5 Å². The van der Waals surface area contributed by atoms with Crippen molar-refractivity contribution in [3.8, 4) is 11.5 Å². The summed E-state index contributed by atoms with van der Waals surface area (Å²) >= 11 is 0. The summed E-state index contributed by atoms with van der Waals surface area (Å²) in [5.41, 5.74) is -2.09. The van der Waals surface area contributed by atoms with E-state index in [2.05, 4.69) is 10.3 Å². The molecule has 1 aromatic rings. The molecule has 1 heterocycles. The molecule has 220 valence electrons. The Kier molecular flexibility index (Phi) is 10.0. The van der Waals surface area contributed by atoms with Crippen molar-refractivity contribution in [1.29, 1.82) is 0 Å². The lowest BCUT2D eigenvalue weighted by Gasteiger charge is -2.27. The second kappa shape index (κ2) is 12.4. The van der Waals surface area contributed by atoms with Crippen LogP contribution in [0.2, 0.25) is 0 Å². The minimum Gasteiger partial charge on any atom is -0.493 e. The van der Waals surface area contributed by atoms with Gasteiger partial charge in [-0.15, -0.1) is 0 Å². The van der Waals surface area contributed by atoms with Gasteiger partial charge < -0.3 is 20.1 Å². The van der Waals surface area contributed by atoms with Crippen molar-refractivity contribution in [2.75, 3.05) is 19.1 Å². The van der Waals surface area contributed by atoms with Gasteiger partial charge in [-0.3, -0.25) is 24.7 Å². The molecule has 0 saturated heterocycles. The normalized spacial score (nSPS) is 16.1. The Morgan fingerprint density at radius 1 is 1.20 bits per heavy atom. The number of amides is 2. The third kappa shape index (κ3) is 9.32. The smallest absolute Gasteiger partial charge is 0.471 e. The third-order valence-electron chi connectivity index (χ3n) is 5.46. The average molecular weight is 593 g/mol. The molecule has 1 aliphatic rings. The highest BCUT2D eigenvalue weighted by Crippen LogP contribution is 2.32. The Morgan fingerprint density at radius 2 is 1.85 bits per heavy atom. The molecule has 0 bridgehead atoms. The molecular weight excluding hydrogens is 565 g/mol. The third-order valence-corrected chi connectivity index (χ3v) is 6.44. The molecule has 2 rings (SSSR count). The number of halogens is 3. The van der Waals surface area contributed by atoms with E-state index in [0.717, 1.165) is 24.5 Å². The number of nitro groups is 1. The summed E-state index contributed by atoms with van der Waals surface area (Å²) in [6, 6.07) is 1.30. The molecule has 0 fully saturated rings. The van der Waals surface area contributed by atoms with Gasteiger partial charge in [-0.2, -0.15) is 13.2 Å². The molecule has 0 aromatic heterocycles. The summed E-state index contributed by atoms with van der Waals surface area (Å²) in [4.78, 5) is 51.7. The molecule has 1 aromatic carbocycles. The van der Waals surface area contributed by atoms with Crippen LogP contribution in [0.1, 0.15) is 26.7 Å². The molecule has 40 heavy (non-hydrogen) atoms. The number of nitro benzene ring substituents is 1. The van der Waals surface area contributed by atoms with E-state index in [4.69, 9.17) is 9.47 Å². The van der Waals surface area contributed by atoms with Crippen LogP contribution in [0.4, 0.5) is 18.9 Å². The lowest BCUT2D eigenvalue weighted by Crippen LogP contribution is -2.58. The molecular formula is C23H27F3N4O9S. The van der Waals surface area contributed by atoms with Gasteiger partial charge in [-0.25, -0.2) is 13.2 Å². The van der Waals surface area contributed by atoms with Gasteiger partial charge in [-0.1, -0.05) is 6.08 Å². The van der Waals surface area contributed by atoms with Gasteiger partial charge in [0, 0.05) is 36.6 Å². The van der Waals surface area contributed by atoms with E-state index in [9.17, 15) is 46.1 Å². The summed E-state index contributed by atoms with van der Waals surface area (Å²) in [5, 5.41) is 14.8. The molecule has 2 amide bonds. The van der Waals surface area contributed by atoms with Crippen LogP contribution in [0, 0.1) is 16.0 Å². The quantitative estimate of drug-likeness (QED) is 0.158. The topological polar surface area (TPSA) is 183 Å². The molecule has 0 spiro atoms. The van der Waals surface area contributed by atoms with Gasteiger partial charge in [0.15, 0.2) is 11.5 Å². The number of hydrogen-bond acceptors (Lipinski definition) is 10. The van der Waals surface area contributed by atoms with Crippen molar-refractivity contribution in [2.24, 2.45) is 10.9 Å². The summed E-state index contributed by atoms with van der Waals surface area (Å²) in [6.45, 7) is 2.36. The lowest BCUT2D eigenvalue weighted by molar-refractivity contribution is -0.385. The van der Waals surface area contributed by atoms with Crippen LogP contribution in [-0.4, -0.2) is 74.2 Å². The van der Waals surface area contributed by atoms with Crippen LogP contribution >= 0.6 is 0 Å². The van der Waals surface area contributed by atoms with Crippen molar-refractivity contribution in [1.82, 2.24) is 10.6 Å². The second-order valence-corrected chi connectivity index (χ2v) is 11.6. The van der Waals surface area contributed by atoms with Crippen LogP contribution in [0.15, 0.2) is 35.0 Å². The maximum atomic E-state index is 13.0. The van der Waals surface area contributed by atoms with E-state index >= 15 is 0 Å². The van der Waals surface area contributed by atoms with Crippen molar-refractivity contribution in [3.05, 3.63) is 40.1 Å². The van der Waals surface area contributed by atoms with Gasteiger partial charge in [0.1, 0.15) is 21.4 Å². The summed E-state index contributed by atoms with van der Waals surface area (Å²) in [7, 11) is -2.11. The molecule has 1 aliphatic heterocycles. The number of ether oxygens (including phenoxy) is 2. The largest absolute Gasteiger partial charge is 0.493 e. The number of rotatable bonds is 12. The molecule has 0 radical (unpaired) electrons. The molecule has 0 saturated carbocycles. The molecule has 1 unspecified atom stereocenters. The highest BCUT2D eigenvalue weighted by atomic mass is 32.2. The van der Waals surface area contributed by atoms with Crippen LogP contribution in [0.3, 0.4) is 0 Å². The number of hydrogen-bond donors (Lipinski definition) is 2. The number of sulfone groups is 1. The van der Waals surface area contributed by atoms with Crippen LogP contribution in [0.25, 0.3) is 0 Å². The van der Waals surface area contributed by atoms with Crippen molar-refractivity contribution in [2.45, 2.75) is 44.4 Å². The number of nitrogens with one attached hydrogen (secondary N) is 2. The number of nitrogens with zero attached hydrogens (tertiary/aromatic N) is 2. The van der Waals surface area contributed by atoms with Gasteiger partial charge in [0.05, 0.1) is 23.9 Å². The van der Waals surface area contributed by atoms with E-state index in [1.54, 1.807) is 5.32 Å². The first-order valence-electron chi connectivity index (χ1n) is 11.5. The lowest BCUT2D eigenvalue weighted by atomic mass is 10.0. The first-order valence-corrected chi connectivity index (χ1v) is 13.6. The highest BCUT2D eigenvalue weighted by Gasteiger charge is 2.42. The number of esters is 1. The first kappa shape index (κ1) is 32.2. The number of alkyl halides is 3. The minimum absolute atomic E-state index is 0.122. The molecule has 17 heteroatoms. The van der Waals surface area contributed by atoms with Crippen LogP contribution in [0.5, 0.6) is 11.5 Å². The fourth-order valence-electron chi connectivity index (χ4n) is 3.34. The number of benzene rings is 1. The summed E-state index contributed by atoms with van der Waals surface area (Å²) < 4.78 is 71.8. The Morgan fingerprint density at radius 3 is 2.40 bits per heavy atom.